The number of para-hydroxylation sites is 2. The van der Waals surface area contributed by atoms with Crippen LogP contribution < -0.4 is 20.9 Å². The third-order valence-electron chi connectivity index (χ3n) is 6.43. The Balaban J connectivity index is 1.35. The van der Waals surface area contributed by atoms with Crippen molar-refractivity contribution in [1.29, 1.82) is 0 Å². The summed E-state index contributed by atoms with van der Waals surface area (Å²) in [7, 11) is 0. The van der Waals surface area contributed by atoms with E-state index < -0.39 is 11.9 Å². The number of nitrogens with one attached hydrogen (secondary N) is 3. The molecule has 5 rings (SSSR count). The van der Waals surface area contributed by atoms with Crippen LogP contribution >= 0.6 is 0 Å². The minimum Gasteiger partial charge on any atom is -0.379 e. The van der Waals surface area contributed by atoms with Crippen molar-refractivity contribution in [2.45, 2.75) is 32.0 Å². The molecule has 2 aromatic rings. The van der Waals surface area contributed by atoms with Crippen molar-refractivity contribution in [3.05, 3.63) is 59.2 Å². The summed E-state index contributed by atoms with van der Waals surface area (Å²) in [5.74, 6) is -0.872. The Morgan fingerprint density at radius 1 is 1.03 bits per heavy atom. The predicted molar refractivity (Wildman–Crippen MR) is 121 cm³/mol. The van der Waals surface area contributed by atoms with E-state index in [-0.39, 0.29) is 24.1 Å². The number of benzene rings is 2. The average Bonchev–Trinajstić information content (AvgIpc) is 3.15. The monoisotopic (exact) mass is 447 g/mol. The molecule has 3 N–H and O–H groups in total. The van der Waals surface area contributed by atoms with Gasteiger partial charge in [-0.15, -0.1) is 0 Å². The molecule has 9 nitrogen and oxygen atoms in total. The average molecular weight is 447 g/mol. The maximum absolute atomic E-state index is 13.0. The molecule has 1 atom stereocenters. The highest BCUT2D eigenvalue weighted by Crippen LogP contribution is 2.31. The molecule has 2 saturated heterocycles. The van der Waals surface area contributed by atoms with Crippen molar-refractivity contribution in [2.24, 2.45) is 0 Å². The Morgan fingerprint density at radius 2 is 1.88 bits per heavy atom. The van der Waals surface area contributed by atoms with Gasteiger partial charge in [-0.3, -0.25) is 24.5 Å². The SMILES string of the molecule is O=C1CCC(N2Cc3c(CNc4ccccc4N4CCNCC4=O)cccc3C2=O)C(=O)N1. The molecule has 4 amide bonds. The van der Waals surface area contributed by atoms with Gasteiger partial charge in [-0.1, -0.05) is 24.3 Å². The fourth-order valence-electron chi connectivity index (χ4n) is 4.73. The van der Waals surface area contributed by atoms with Gasteiger partial charge in [0.1, 0.15) is 6.04 Å². The molecule has 0 bridgehead atoms. The molecule has 2 aromatic carbocycles. The first-order valence-corrected chi connectivity index (χ1v) is 11.1. The van der Waals surface area contributed by atoms with E-state index in [1.54, 1.807) is 15.9 Å². The van der Waals surface area contributed by atoms with Crippen molar-refractivity contribution in [3.63, 3.8) is 0 Å². The Bertz CT molecular complexity index is 1150. The number of imide groups is 1. The molecule has 0 saturated carbocycles. The van der Waals surface area contributed by atoms with Crippen LogP contribution in [0.25, 0.3) is 0 Å². The van der Waals surface area contributed by atoms with E-state index in [0.29, 0.717) is 38.2 Å². The molecule has 3 aliphatic rings. The van der Waals surface area contributed by atoms with Gasteiger partial charge in [0.05, 0.1) is 17.9 Å². The second kappa shape index (κ2) is 8.67. The van der Waals surface area contributed by atoms with E-state index in [9.17, 15) is 19.2 Å². The van der Waals surface area contributed by atoms with E-state index in [0.717, 1.165) is 29.0 Å². The Morgan fingerprint density at radius 3 is 2.70 bits per heavy atom. The zero-order valence-corrected chi connectivity index (χ0v) is 18.1. The van der Waals surface area contributed by atoms with E-state index in [1.165, 1.54) is 0 Å². The number of rotatable bonds is 5. The normalized spacial score (nSPS) is 20.7. The van der Waals surface area contributed by atoms with E-state index in [4.69, 9.17) is 0 Å². The summed E-state index contributed by atoms with van der Waals surface area (Å²) in [6.45, 7) is 2.46. The number of anilines is 2. The molecule has 1 unspecified atom stereocenters. The first-order chi connectivity index (χ1) is 16.0. The van der Waals surface area contributed by atoms with Crippen molar-refractivity contribution in [2.75, 3.05) is 29.9 Å². The minimum absolute atomic E-state index is 0.0292. The van der Waals surface area contributed by atoms with Crippen LogP contribution in [-0.4, -0.2) is 54.2 Å². The second-order valence-corrected chi connectivity index (χ2v) is 8.44. The Hall–Kier alpha value is -3.72. The number of carbonyl (C=O) groups is 4. The molecule has 0 radical (unpaired) electrons. The fourth-order valence-corrected chi connectivity index (χ4v) is 4.73. The smallest absolute Gasteiger partial charge is 0.255 e. The van der Waals surface area contributed by atoms with Gasteiger partial charge >= 0.3 is 0 Å². The predicted octanol–water partition coefficient (Wildman–Crippen LogP) is 0.996. The van der Waals surface area contributed by atoms with Gasteiger partial charge in [-0.25, -0.2) is 0 Å². The largest absolute Gasteiger partial charge is 0.379 e. The highest BCUT2D eigenvalue weighted by Gasteiger charge is 2.39. The van der Waals surface area contributed by atoms with Crippen molar-refractivity contribution < 1.29 is 19.2 Å². The van der Waals surface area contributed by atoms with Crippen LogP contribution in [0.3, 0.4) is 0 Å². The van der Waals surface area contributed by atoms with E-state index in [1.807, 2.05) is 36.4 Å². The zero-order chi connectivity index (χ0) is 22.9. The summed E-state index contributed by atoms with van der Waals surface area (Å²) in [5, 5.41) is 8.85. The molecule has 0 spiro atoms. The molecule has 170 valence electrons. The molecule has 3 aliphatic heterocycles. The maximum Gasteiger partial charge on any atom is 0.255 e. The van der Waals surface area contributed by atoms with Crippen LogP contribution in [-0.2, 0) is 27.5 Å². The summed E-state index contributed by atoms with van der Waals surface area (Å²) >= 11 is 0. The molecular formula is C24H25N5O4. The molecule has 2 fully saturated rings. The third-order valence-corrected chi connectivity index (χ3v) is 6.43. The lowest BCUT2D eigenvalue weighted by Gasteiger charge is -2.29. The molecule has 3 heterocycles. The number of hydrogen-bond donors (Lipinski definition) is 3. The lowest BCUT2D eigenvalue weighted by Crippen LogP contribution is -2.52. The molecule has 0 aromatic heterocycles. The summed E-state index contributed by atoms with van der Waals surface area (Å²) in [4.78, 5) is 52.6. The number of carbonyl (C=O) groups excluding carboxylic acids is 4. The number of hydrogen-bond acceptors (Lipinski definition) is 6. The van der Waals surface area contributed by atoms with Crippen LogP contribution in [0.5, 0.6) is 0 Å². The first-order valence-electron chi connectivity index (χ1n) is 11.1. The Kier molecular flexibility index (Phi) is 5.55. The van der Waals surface area contributed by atoms with E-state index in [2.05, 4.69) is 16.0 Å². The quantitative estimate of drug-likeness (QED) is 0.590. The summed E-state index contributed by atoms with van der Waals surface area (Å²) in [6.07, 6.45) is 0.566. The van der Waals surface area contributed by atoms with Crippen molar-refractivity contribution in [1.82, 2.24) is 15.5 Å². The maximum atomic E-state index is 13.0. The van der Waals surface area contributed by atoms with Gasteiger partial charge in [0.25, 0.3) is 5.91 Å². The van der Waals surface area contributed by atoms with Crippen LogP contribution in [0.2, 0.25) is 0 Å². The number of nitrogens with zero attached hydrogens (tertiary/aromatic N) is 2. The van der Waals surface area contributed by atoms with Gasteiger partial charge in [0.15, 0.2) is 0 Å². The first kappa shape index (κ1) is 21.1. The van der Waals surface area contributed by atoms with Gasteiger partial charge in [0, 0.05) is 38.2 Å². The number of fused-ring (bicyclic) bond motifs is 1. The summed E-state index contributed by atoms with van der Waals surface area (Å²) < 4.78 is 0. The highest BCUT2D eigenvalue weighted by atomic mass is 16.2. The summed E-state index contributed by atoms with van der Waals surface area (Å²) in [6, 6.07) is 12.6. The minimum atomic E-state index is -0.636. The third kappa shape index (κ3) is 3.95. The lowest BCUT2D eigenvalue weighted by atomic mass is 10.0. The Labute approximate surface area is 191 Å². The van der Waals surface area contributed by atoms with Crippen LogP contribution in [0.1, 0.15) is 34.3 Å². The summed E-state index contributed by atoms with van der Waals surface area (Å²) in [5.41, 5.74) is 4.10. The molecular weight excluding hydrogens is 422 g/mol. The second-order valence-electron chi connectivity index (χ2n) is 8.44. The van der Waals surface area contributed by atoms with Crippen LogP contribution in [0.15, 0.2) is 42.5 Å². The molecule has 33 heavy (non-hydrogen) atoms. The topological polar surface area (TPSA) is 111 Å². The van der Waals surface area contributed by atoms with Gasteiger partial charge in [-0.2, -0.15) is 0 Å². The zero-order valence-electron chi connectivity index (χ0n) is 18.1. The molecule has 9 heteroatoms. The molecule has 0 aliphatic carbocycles. The van der Waals surface area contributed by atoms with Gasteiger partial charge in [0.2, 0.25) is 17.7 Å². The van der Waals surface area contributed by atoms with Crippen LogP contribution in [0, 0.1) is 0 Å². The van der Waals surface area contributed by atoms with Gasteiger partial charge in [-0.05, 0) is 35.7 Å². The van der Waals surface area contributed by atoms with Crippen LogP contribution in [0.4, 0.5) is 11.4 Å². The fraction of sp³-hybridized carbons (Fsp3) is 0.333. The van der Waals surface area contributed by atoms with Gasteiger partial charge < -0.3 is 20.4 Å². The van der Waals surface area contributed by atoms with Crippen molar-refractivity contribution >= 4 is 35.0 Å². The number of piperidine rings is 1. The number of piperazine rings is 1. The standard InChI is InChI=1S/C24H25N5O4/c30-21-9-8-20(23(32)27-21)29-14-17-15(4-3-5-16(17)24(29)33)12-26-18-6-1-2-7-19(18)28-11-10-25-13-22(28)31/h1-7,20,25-26H,8-14H2,(H,27,30,32). The lowest BCUT2D eigenvalue weighted by molar-refractivity contribution is -0.137. The highest BCUT2D eigenvalue weighted by molar-refractivity contribution is 6.05. The number of amides is 4. The van der Waals surface area contributed by atoms with E-state index >= 15 is 0 Å². The van der Waals surface area contributed by atoms with Crippen molar-refractivity contribution in [3.8, 4) is 0 Å².